The highest BCUT2D eigenvalue weighted by Gasteiger charge is 2.03. The van der Waals surface area contributed by atoms with Gasteiger partial charge < -0.3 is 0 Å². The third-order valence-corrected chi connectivity index (χ3v) is 3.88. The molecule has 0 saturated carbocycles. The Morgan fingerprint density at radius 2 is 1.60 bits per heavy atom. The molecule has 0 nitrogen and oxygen atoms in total. The fourth-order valence-electron chi connectivity index (χ4n) is 2.30. The van der Waals surface area contributed by atoms with Crippen LogP contribution in [0.1, 0.15) is 60.3 Å². The van der Waals surface area contributed by atoms with Crippen molar-refractivity contribution in [2.75, 3.05) is 0 Å². The highest BCUT2D eigenvalue weighted by molar-refractivity contribution is 5.28. The van der Waals surface area contributed by atoms with Crippen molar-refractivity contribution in [2.45, 2.75) is 60.3 Å². The lowest BCUT2D eigenvalue weighted by atomic mass is 9.95. The molecule has 0 saturated heterocycles. The Labute approximate surface area is 125 Å². The van der Waals surface area contributed by atoms with E-state index in [1.54, 1.807) is 5.57 Å². The van der Waals surface area contributed by atoms with Gasteiger partial charge in [-0.05, 0) is 52.4 Å². The normalized spacial score (nSPS) is 30.9. The van der Waals surface area contributed by atoms with E-state index in [-0.39, 0.29) is 0 Å². The van der Waals surface area contributed by atoms with E-state index in [0.29, 0.717) is 5.92 Å². The summed E-state index contributed by atoms with van der Waals surface area (Å²) in [7, 11) is 0. The van der Waals surface area contributed by atoms with Gasteiger partial charge in [-0.3, -0.25) is 0 Å². The van der Waals surface area contributed by atoms with E-state index in [2.05, 4.69) is 71.1 Å². The third-order valence-electron chi connectivity index (χ3n) is 3.88. The molecule has 0 aliphatic heterocycles. The van der Waals surface area contributed by atoms with Crippen LogP contribution in [0.5, 0.6) is 0 Å². The summed E-state index contributed by atoms with van der Waals surface area (Å²) in [5, 5.41) is 0. The number of allylic oxidation sites excluding steroid dienone is 10. The van der Waals surface area contributed by atoms with Crippen LogP contribution < -0.4 is 0 Å². The molecule has 1 aliphatic carbocycles. The molecule has 1 aliphatic rings. The van der Waals surface area contributed by atoms with Crippen molar-refractivity contribution in [3.05, 3.63) is 58.7 Å². The zero-order valence-electron chi connectivity index (χ0n) is 13.9. The van der Waals surface area contributed by atoms with Gasteiger partial charge >= 0.3 is 0 Å². The smallest absolute Gasteiger partial charge is 0.0257 e. The number of hydrogen-bond donors (Lipinski definition) is 0. The van der Waals surface area contributed by atoms with Crippen LogP contribution in [0, 0.1) is 5.92 Å². The molecular formula is C20H30. The first-order valence-corrected chi connectivity index (χ1v) is 7.86. The Bertz CT molecular complexity index is 450. The van der Waals surface area contributed by atoms with E-state index in [0.717, 1.165) is 12.8 Å². The van der Waals surface area contributed by atoms with Gasteiger partial charge in [0.1, 0.15) is 0 Å². The van der Waals surface area contributed by atoms with Crippen molar-refractivity contribution in [3.8, 4) is 0 Å². The monoisotopic (exact) mass is 270 g/mol. The van der Waals surface area contributed by atoms with Gasteiger partial charge in [0.25, 0.3) is 0 Å². The highest BCUT2D eigenvalue weighted by atomic mass is 14.1. The lowest BCUT2D eigenvalue weighted by Gasteiger charge is -2.11. The van der Waals surface area contributed by atoms with Crippen LogP contribution in [0.2, 0.25) is 0 Å². The molecule has 20 heavy (non-hydrogen) atoms. The molecule has 0 aromatic rings. The molecular weight excluding hydrogens is 240 g/mol. The van der Waals surface area contributed by atoms with E-state index in [1.807, 2.05) is 0 Å². The van der Waals surface area contributed by atoms with Crippen LogP contribution in [0.4, 0.5) is 0 Å². The average molecular weight is 270 g/mol. The van der Waals surface area contributed by atoms with Crippen molar-refractivity contribution in [2.24, 2.45) is 5.92 Å². The SMILES string of the molecule is CC1=C/C=C(\C(C)C)CC/C(C)=C/CC/C(C)=C\C=C\1. The minimum atomic E-state index is 0.630. The van der Waals surface area contributed by atoms with Gasteiger partial charge in [-0.25, -0.2) is 0 Å². The summed E-state index contributed by atoms with van der Waals surface area (Å²) in [5.41, 5.74) is 5.84. The van der Waals surface area contributed by atoms with Gasteiger partial charge in [-0.15, -0.1) is 0 Å². The molecule has 0 unspecified atom stereocenters. The first-order chi connectivity index (χ1) is 9.49. The van der Waals surface area contributed by atoms with E-state index in [4.69, 9.17) is 0 Å². The zero-order chi connectivity index (χ0) is 15.0. The number of rotatable bonds is 1. The van der Waals surface area contributed by atoms with Crippen molar-refractivity contribution in [1.29, 1.82) is 0 Å². The maximum Gasteiger partial charge on any atom is -0.0257 e. The van der Waals surface area contributed by atoms with E-state index >= 15 is 0 Å². The van der Waals surface area contributed by atoms with Crippen LogP contribution in [-0.4, -0.2) is 0 Å². The predicted octanol–water partition coefficient (Wildman–Crippen LogP) is 6.54. The highest BCUT2D eigenvalue weighted by Crippen LogP contribution is 2.20. The molecule has 0 N–H and O–H groups in total. The quantitative estimate of drug-likeness (QED) is 0.475. The van der Waals surface area contributed by atoms with E-state index < -0.39 is 0 Å². The standard InChI is InChI=1S/C20H30/c1-16(2)20-14-12-18(4)10-6-8-17(3)9-7-11-19(5)13-15-20/h6,8,10-12,14,16H,7,9,13,15H2,1-5H3/b10-6+,17-8-,18-12-,19-11+,20-14-. The lowest BCUT2D eigenvalue weighted by Crippen LogP contribution is -1.95. The Kier molecular flexibility index (Phi) is 7.36. The van der Waals surface area contributed by atoms with E-state index in [1.165, 1.54) is 29.6 Å². The second-order valence-electron chi connectivity index (χ2n) is 6.27. The molecule has 0 heteroatoms. The number of hydrogen-bond acceptors (Lipinski definition) is 0. The second-order valence-corrected chi connectivity index (χ2v) is 6.27. The summed E-state index contributed by atoms with van der Waals surface area (Å²) < 4.78 is 0. The maximum atomic E-state index is 2.41. The summed E-state index contributed by atoms with van der Waals surface area (Å²) in [5.74, 6) is 0.630. The van der Waals surface area contributed by atoms with Gasteiger partial charge in [-0.2, -0.15) is 0 Å². The van der Waals surface area contributed by atoms with Crippen LogP contribution in [0.25, 0.3) is 0 Å². The Morgan fingerprint density at radius 3 is 2.30 bits per heavy atom. The second kappa shape index (κ2) is 8.79. The molecule has 0 bridgehead atoms. The minimum Gasteiger partial charge on any atom is -0.0853 e. The van der Waals surface area contributed by atoms with E-state index in [9.17, 15) is 0 Å². The first kappa shape index (κ1) is 16.8. The van der Waals surface area contributed by atoms with Crippen molar-refractivity contribution in [3.63, 3.8) is 0 Å². The van der Waals surface area contributed by atoms with Gasteiger partial charge in [0.05, 0.1) is 0 Å². The Hall–Kier alpha value is -1.30. The summed E-state index contributed by atoms with van der Waals surface area (Å²) in [6.07, 6.45) is 18.3. The largest absolute Gasteiger partial charge is 0.0853 e. The van der Waals surface area contributed by atoms with Crippen molar-refractivity contribution >= 4 is 0 Å². The summed E-state index contributed by atoms with van der Waals surface area (Å²) in [6.45, 7) is 11.2. The molecule has 0 radical (unpaired) electrons. The van der Waals surface area contributed by atoms with Crippen LogP contribution in [0.15, 0.2) is 58.7 Å². The maximum absolute atomic E-state index is 2.41. The molecule has 0 aromatic carbocycles. The third kappa shape index (κ3) is 6.75. The summed E-state index contributed by atoms with van der Waals surface area (Å²) in [4.78, 5) is 0. The van der Waals surface area contributed by atoms with Crippen molar-refractivity contribution < 1.29 is 0 Å². The van der Waals surface area contributed by atoms with Crippen LogP contribution in [0.3, 0.4) is 0 Å². The fourth-order valence-corrected chi connectivity index (χ4v) is 2.30. The summed E-state index contributed by atoms with van der Waals surface area (Å²) >= 11 is 0. The molecule has 0 aromatic heterocycles. The minimum absolute atomic E-state index is 0.630. The first-order valence-electron chi connectivity index (χ1n) is 7.86. The van der Waals surface area contributed by atoms with Gasteiger partial charge in [0.15, 0.2) is 0 Å². The Morgan fingerprint density at radius 1 is 0.850 bits per heavy atom. The van der Waals surface area contributed by atoms with Gasteiger partial charge in [0, 0.05) is 0 Å². The topological polar surface area (TPSA) is 0 Å². The van der Waals surface area contributed by atoms with Gasteiger partial charge in [-0.1, -0.05) is 72.6 Å². The molecule has 0 spiro atoms. The molecule has 0 amide bonds. The molecule has 110 valence electrons. The molecule has 0 fully saturated rings. The molecule has 1 rings (SSSR count). The van der Waals surface area contributed by atoms with Gasteiger partial charge in [0.2, 0.25) is 0 Å². The fraction of sp³-hybridized carbons (Fsp3) is 0.500. The lowest BCUT2D eigenvalue weighted by molar-refractivity contribution is 0.706. The predicted molar refractivity (Wildman–Crippen MR) is 91.8 cm³/mol. The zero-order valence-corrected chi connectivity index (χ0v) is 13.9. The van der Waals surface area contributed by atoms with Crippen LogP contribution >= 0.6 is 0 Å². The molecule has 0 atom stereocenters. The molecule has 0 heterocycles. The van der Waals surface area contributed by atoms with Crippen molar-refractivity contribution in [1.82, 2.24) is 0 Å². The summed E-state index contributed by atoms with van der Waals surface area (Å²) in [6, 6.07) is 0. The Balaban J connectivity index is 2.98. The van der Waals surface area contributed by atoms with Crippen LogP contribution in [-0.2, 0) is 0 Å². The average Bonchev–Trinajstić information content (AvgIpc) is 2.37.